The molecule has 1 unspecified atom stereocenters. The first-order valence-electron chi connectivity index (χ1n) is 8.31. The zero-order valence-corrected chi connectivity index (χ0v) is 15.3. The number of hydrogen-bond donors (Lipinski definition) is 2. The smallest absolute Gasteiger partial charge is 0.407 e. The van der Waals surface area contributed by atoms with Gasteiger partial charge in [0.25, 0.3) is 0 Å². The van der Waals surface area contributed by atoms with Crippen LogP contribution in [0.1, 0.15) is 18.1 Å². The van der Waals surface area contributed by atoms with E-state index in [1.165, 1.54) is 0 Å². The third-order valence-electron chi connectivity index (χ3n) is 3.86. The Balaban J connectivity index is 1.85. The molecule has 140 valence electrons. The number of ether oxygens (including phenoxy) is 3. The number of hydrogen-bond acceptors (Lipinski definition) is 5. The van der Waals surface area contributed by atoms with Gasteiger partial charge in [-0.25, -0.2) is 4.79 Å². The molecule has 0 aliphatic heterocycles. The number of rotatable bonds is 8. The second kappa shape index (κ2) is 9.10. The second-order valence-electron chi connectivity index (χ2n) is 6.28. The molecular formula is C20H25NO5. The fourth-order valence-electron chi connectivity index (χ4n) is 2.53. The largest absolute Gasteiger partial charge is 0.493 e. The van der Waals surface area contributed by atoms with Gasteiger partial charge in [-0.15, -0.1) is 0 Å². The fraction of sp³-hybridized carbons (Fsp3) is 0.350. The molecule has 1 atom stereocenters. The van der Waals surface area contributed by atoms with Gasteiger partial charge in [0, 0.05) is 13.0 Å². The predicted octanol–water partition coefficient (Wildman–Crippen LogP) is 2.92. The Morgan fingerprint density at radius 2 is 1.73 bits per heavy atom. The summed E-state index contributed by atoms with van der Waals surface area (Å²) in [6.07, 6.45) is -0.229. The molecule has 0 aliphatic carbocycles. The number of methoxy groups -OCH3 is 2. The average molecular weight is 359 g/mol. The molecule has 0 aromatic heterocycles. The summed E-state index contributed by atoms with van der Waals surface area (Å²) in [5, 5.41) is 13.1. The first-order chi connectivity index (χ1) is 12.4. The normalized spacial score (nSPS) is 12.8. The van der Waals surface area contributed by atoms with Crippen LogP contribution in [0.4, 0.5) is 4.79 Å². The van der Waals surface area contributed by atoms with Crippen LogP contribution in [0.2, 0.25) is 0 Å². The van der Waals surface area contributed by atoms with Gasteiger partial charge in [0.15, 0.2) is 11.5 Å². The van der Waals surface area contributed by atoms with Crippen LogP contribution >= 0.6 is 0 Å². The molecule has 6 nitrogen and oxygen atoms in total. The van der Waals surface area contributed by atoms with E-state index in [2.05, 4.69) is 5.32 Å². The Kier molecular flexibility index (Phi) is 6.86. The lowest BCUT2D eigenvalue weighted by molar-refractivity contribution is 0.0558. The summed E-state index contributed by atoms with van der Waals surface area (Å²) in [6.45, 7) is 1.90. The van der Waals surface area contributed by atoms with Gasteiger partial charge >= 0.3 is 6.09 Å². The third-order valence-corrected chi connectivity index (χ3v) is 3.86. The number of carbonyl (C=O) groups excluding carboxylic acids is 1. The minimum atomic E-state index is -1.13. The van der Waals surface area contributed by atoms with Gasteiger partial charge in [-0.1, -0.05) is 36.4 Å². The average Bonchev–Trinajstić information content (AvgIpc) is 2.65. The Labute approximate surface area is 153 Å². The van der Waals surface area contributed by atoms with Crippen molar-refractivity contribution < 1.29 is 24.1 Å². The number of benzene rings is 2. The van der Waals surface area contributed by atoms with Gasteiger partial charge in [0.1, 0.15) is 6.61 Å². The van der Waals surface area contributed by atoms with Crippen molar-refractivity contribution in [2.75, 3.05) is 20.8 Å². The molecule has 2 rings (SSSR count). The lowest BCUT2D eigenvalue weighted by Gasteiger charge is -2.24. The highest BCUT2D eigenvalue weighted by Gasteiger charge is 2.23. The molecule has 26 heavy (non-hydrogen) atoms. The van der Waals surface area contributed by atoms with E-state index in [4.69, 9.17) is 14.2 Å². The van der Waals surface area contributed by atoms with E-state index in [1.54, 1.807) is 33.3 Å². The number of amides is 1. The van der Waals surface area contributed by atoms with Crippen molar-refractivity contribution in [3.8, 4) is 11.5 Å². The Hall–Kier alpha value is -2.73. The van der Waals surface area contributed by atoms with Crippen molar-refractivity contribution >= 4 is 6.09 Å². The zero-order chi connectivity index (χ0) is 19.0. The van der Waals surface area contributed by atoms with Gasteiger partial charge in [0.2, 0.25) is 0 Å². The molecule has 2 N–H and O–H groups in total. The molecule has 2 aromatic rings. The summed E-state index contributed by atoms with van der Waals surface area (Å²) >= 11 is 0. The Bertz CT molecular complexity index is 715. The summed E-state index contributed by atoms with van der Waals surface area (Å²) < 4.78 is 15.6. The van der Waals surface area contributed by atoms with Crippen molar-refractivity contribution in [2.24, 2.45) is 0 Å². The molecule has 1 amide bonds. The van der Waals surface area contributed by atoms with Gasteiger partial charge in [-0.2, -0.15) is 0 Å². The summed E-state index contributed by atoms with van der Waals surface area (Å²) in [5.41, 5.74) is 0.637. The van der Waals surface area contributed by atoms with Gasteiger partial charge < -0.3 is 24.6 Å². The first kappa shape index (κ1) is 19.6. The van der Waals surface area contributed by atoms with Crippen LogP contribution in [0.15, 0.2) is 48.5 Å². The molecule has 2 aromatic carbocycles. The van der Waals surface area contributed by atoms with Crippen molar-refractivity contribution in [3.63, 3.8) is 0 Å². The van der Waals surface area contributed by atoms with E-state index in [0.717, 1.165) is 11.1 Å². The standard InChI is InChI=1S/C20H25NO5/c1-20(23,12-16-9-10-17(24-2)18(11-16)25-3)14-21-19(22)26-13-15-7-5-4-6-8-15/h4-11,23H,12-14H2,1-3H3,(H,21,22). The summed E-state index contributed by atoms with van der Waals surface area (Å²) in [5.74, 6) is 1.22. The Morgan fingerprint density at radius 1 is 1.04 bits per heavy atom. The number of carbonyl (C=O) groups is 1. The quantitative estimate of drug-likeness (QED) is 0.758. The van der Waals surface area contributed by atoms with Crippen molar-refractivity contribution in [1.82, 2.24) is 5.32 Å². The fourth-order valence-corrected chi connectivity index (χ4v) is 2.53. The lowest BCUT2D eigenvalue weighted by Crippen LogP contribution is -2.42. The highest BCUT2D eigenvalue weighted by atomic mass is 16.5. The lowest BCUT2D eigenvalue weighted by atomic mass is 9.96. The topological polar surface area (TPSA) is 77.0 Å². The molecule has 0 saturated carbocycles. The second-order valence-corrected chi connectivity index (χ2v) is 6.28. The van der Waals surface area contributed by atoms with Gasteiger partial charge in [-0.05, 0) is 30.2 Å². The van der Waals surface area contributed by atoms with Gasteiger partial charge in [-0.3, -0.25) is 0 Å². The molecular weight excluding hydrogens is 334 g/mol. The van der Waals surface area contributed by atoms with Gasteiger partial charge in [0.05, 0.1) is 19.8 Å². The molecule has 0 aliphatic rings. The van der Waals surface area contributed by atoms with E-state index in [1.807, 2.05) is 36.4 Å². The maximum Gasteiger partial charge on any atom is 0.407 e. The van der Waals surface area contributed by atoms with Crippen molar-refractivity contribution in [1.29, 1.82) is 0 Å². The van der Waals surface area contributed by atoms with E-state index in [9.17, 15) is 9.90 Å². The SMILES string of the molecule is COc1ccc(CC(C)(O)CNC(=O)OCc2ccccc2)cc1OC. The summed E-state index contributed by atoms with van der Waals surface area (Å²) in [4.78, 5) is 11.8. The van der Waals surface area contributed by atoms with Crippen LogP contribution < -0.4 is 14.8 Å². The van der Waals surface area contributed by atoms with Crippen LogP contribution in [0.5, 0.6) is 11.5 Å². The molecule has 0 bridgehead atoms. The minimum Gasteiger partial charge on any atom is -0.493 e. The van der Waals surface area contributed by atoms with E-state index >= 15 is 0 Å². The van der Waals surface area contributed by atoms with Crippen molar-refractivity contribution in [3.05, 3.63) is 59.7 Å². The summed E-state index contributed by atoms with van der Waals surface area (Å²) in [6, 6.07) is 14.8. The van der Waals surface area contributed by atoms with Crippen molar-refractivity contribution in [2.45, 2.75) is 25.6 Å². The highest BCUT2D eigenvalue weighted by molar-refractivity contribution is 5.67. The number of alkyl carbamates (subject to hydrolysis) is 1. The maximum atomic E-state index is 11.8. The van der Waals surface area contributed by atoms with E-state index in [0.29, 0.717) is 17.9 Å². The molecule has 0 radical (unpaired) electrons. The highest BCUT2D eigenvalue weighted by Crippen LogP contribution is 2.28. The van der Waals surface area contributed by atoms with E-state index in [-0.39, 0.29) is 13.2 Å². The van der Waals surface area contributed by atoms with E-state index < -0.39 is 11.7 Å². The van der Waals surface area contributed by atoms with Crippen LogP contribution in [-0.2, 0) is 17.8 Å². The molecule has 0 fully saturated rings. The van der Waals surface area contributed by atoms with Crippen LogP contribution in [0.25, 0.3) is 0 Å². The zero-order valence-electron chi connectivity index (χ0n) is 15.3. The number of nitrogens with one attached hydrogen (secondary N) is 1. The maximum absolute atomic E-state index is 11.8. The molecule has 0 spiro atoms. The molecule has 6 heteroatoms. The number of aliphatic hydroxyl groups is 1. The third kappa shape index (κ3) is 5.97. The summed E-state index contributed by atoms with van der Waals surface area (Å²) in [7, 11) is 3.13. The molecule has 0 saturated heterocycles. The van der Waals surface area contributed by atoms with Crippen LogP contribution in [0.3, 0.4) is 0 Å². The monoisotopic (exact) mass is 359 g/mol. The van der Waals surface area contributed by atoms with Crippen LogP contribution in [0, 0.1) is 0 Å². The molecule has 0 heterocycles. The predicted molar refractivity (Wildman–Crippen MR) is 98.5 cm³/mol. The minimum absolute atomic E-state index is 0.0645. The Morgan fingerprint density at radius 3 is 2.38 bits per heavy atom. The van der Waals surface area contributed by atoms with Crippen LogP contribution in [-0.4, -0.2) is 37.6 Å². The first-order valence-corrected chi connectivity index (χ1v) is 8.31.